The van der Waals surface area contributed by atoms with Gasteiger partial charge < -0.3 is 25.4 Å². The SMILES string of the molecule is CC(C)(C)NCC(O)c1ccc(O)c(COCCO)c1. The number of aliphatic hydroxyl groups is 2. The van der Waals surface area contributed by atoms with Gasteiger partial charge in [-0.1, -0.05) is 6.07 Å². The summed E-state index contributed by atoms with van der Waals surface area (Å²) >= 11 is 0. The predicted octanol–water partition coefficient (Wildman–Crippen LogP) is 1.32. The highest BCUT2D eigenvalue weighted by Crippen LogP contribution is 2.23. The first-order chi connectivity index (χ1) is 9.33. The number of nitrogens with one attached hydrogen (secondary N) is 1. The van der Waals surface area contributed by atoms with Crippen molar-refractivity contribution >= 4 is 0 Å². The molecule has 0 spiro atoms. The first-order valence-corrected chi connectivity index (χ1v) is 6.77. The molecule has 0 fully saturated rings. The molecule has 0 aliphatic rings. The maximum absolute atomic E-state index is 10.1. The van der Waals surface area contributed by atoms with Crippen LogP contribution in [0.2, 0.25) is 0 Å². The van der Waals surface area contributed by atoms with Gasteiger partial charge in [0.1, 0.15) is 5.75 Å². The van der Waals surface area contributed by atoms with Crippen LogP contribution >= 0.6 is 0 Å². The fourth-order valence-corrected chi connectivity index (χ4v) is 1.70. The molecule has 114 valence electrons. The Morgan fingerprint density at radius 1 is 1.30 bits per heavy atom. The number of phenols is 1. The van der Waals surface area contributed by atoms with Gasteiger partial charge in [0, 0.05) is 17.6 Å². The molecule has 0 aromatic heterocycles. The van der Waals surface area contributed by atoms with Crippen LogP contribution in [-0.2, 0) is 11.3 Å². The molecule has 0 saturated heterocycles. The molecule has 5 heteroatoms. The fourth-order valence-electron chi connectivity index (χ4n) is 1.70. The van der Waals surface area contributed by atoms with E-state index in [2.05, 4.69) is 5.32 Å². The van der Waals surface area contributed by atoms with Crippen LogP contribution in [-0.4, -0.2) is 40.6 Å². The zero-order chi connectivity index (χ0) is 15.2. The molecule has 0 bridgehead atoms. The van der Waals surface area contributed by atoms with Crippen LogP contribution in [0.1, 0.15) is 38.0 Å². The van der Waals surface area contributed by atoms with Crippen LogP contribution in [0.15, 0.2) is 18.2 Å². The summed E-state index contributed by atoms with van der Waals surface area (Å²) in [5.74, 6) is 0.127. The second kappa shape index (κ2) is 7.59. The van der Waals surface area contributed by atoms with Gasteiger partial charge in [0.2, 0.25) is 0 Å². The van der Waals surface area contributed by atoms with Gasteiger partial charge in [-0.15, -0.1) is 0 Å². The molecule has 0 heterocycles. The molecule has 1 unspecified atom stereocenters. The summed E-state index contributed by atoms with van der Waals surface area (Å²) < 4.78 is 5.19. The van der Waals surface area contributed by atoms with Crippen molar-refractivity contribution in [2.24, 2.45) is 0 Å². The highest BCUT2D eigenvalue weighted by atomic mass is 16.5. The summed E-state index contributed by atoms with van der Waals surface area (Å²) in [5.41, 5.74) is 1.26. The van der Waals surface area contributed by atoms with Crippen molar-refractivity contribution in [1.29, 1.82) is 0 Å². The molecule has 1 aromatic rings. The zero-order valence-electron chi connectivity index (χ0n) is 12.4. The van der Waals surface area contributed by atoms with Gasteiger partial charge in [0.05, 0.1) is 25.9 Å². The summed E-state index contributed by atoms with van der Waals surface area (Å²) in [5, 5.41) is 31.8. The molecule has 4 N–H and O–H groups in total. The fraction of sp³-hybridized carbons (Fsp3) is 0.600. The summed E-state index contributed by atoms with van der Waals surface area (Å²) in [7, 11) is 0. The lowest BCUT2D eigenvalue weighted by Crippen LogP contribution is -2.38. The molecule has 20 heavy (non-hydrogen) atoms. The Morgan fingerprint density at radius 2 is 2.00 bits per heavy atom. The van der Waals surface area contributed by atoms with Crippen LogP contribution in [0, 0.1) is 0 Å². The number of phenolic OH excluding ortho intramolecular Hbond substituents is 1. The minimum atomic E-state index is -0.647. The Morgan fingerprint density at radius 3 is 2.60 bits per heavy atom. The minimum absolute atomic E-state index is 0.0570. The maximum Gasteiger partial charge on any atom is 0.121 e. The molecule has 1 rings (SSSR count). The van der Waals surface area contributed by atoms with E-state index in [9.17, 15) is 10.2 Å². The lowest BCUT2D eigenvalue weighted by molar-refractivity contribution is 0.0802. The van der Waals surface area contributed by atoms with Gasteiger partial charge in [-0.05, 0) is 38.5 Å². The summed E-state index contributed by atoms with van der Waals surface area (Å²) in [6.45, 7) is 6.90. The van der Waals surface area contributed by atoms with Gasteiger partial charge >= 0.3 is 0 Å². The Balaban J connectivity index is 2.68. The molecule has 0 saturated carbocycles. The van der Waals surface area contributed by atoms with Gasteiger partial charge in [0.15, 0.2) is 0 Å². The third-order valence-corrected chi connectivity index (χ3v) is 2.81. The summed E-state index contributed by atoms with van der Waals surface area (Å²) in [6, 6.07) is 4.97. The van der Waals surface area contributed by atoms with Crippen molar-refractivity contribution in [2.45, 2.75) is 39.0 Å². The second-order valence-corrected chi connectivity index (χ2v) is 5.81. The number of hydrogen-bond acceptors (Lipinski definition) is 5. The monoisotopic (exact) mass is 283 g/mol. The van der Waals surface area contributed by atoms with Crippen LogP contribution in [0.5, 0.6) is 5.75 Å². The number of aromatic hydroxyl groups is 1. The Kier molecular flexibility index (Phi) is 6.42. The standard InChI is InChI=1S/C15H25NO4/c1-15(2,3)16-9-14(19)11-4-5-13(18)12(8-11)10-20-7-6-17/h4-5,8,14,16-19H,6-7,9-10H2,1-3H3. The number of β-amino-alcohol motifs (C(OH)–C–C–N with tert-alkyl or cyclic N) is 1. The maximum atomic E-state index is 10.1. The average Bonchev–Trinajstić information content (AvgIpc) is 2.37. The van der Waals surface area contributed by atoms with E-state index in [4.69, 9.17) is 9.84 Å². The third kappa shape index (κ3) is 5.88. The first kappa shape index (κ1) is 16.9. The summed E-state index contributed by atoms with van der Waals surface area (Å²) in [6.07, 6.45) is -0.647. The topological polar surface area (TPSA) is 82.0 Å². The molecule has 1 atom stereocenters. The predicted molar refractivity (Wildman–Crippen MR) is 77.6 cm³/mol. The van der Waals surface area contributed by atoms with Crippen molar-refractivity contribution in [3.8, 4) is 5.75 Å². The normalized spacial score (nSPS) is 13.4. The van der Waals surface area contributed by atoms with E-state index in [-0.39, 0.29) is 31.1 Å². The highest BCUT2D eigenvalue weighted by molar-refractivity contribution is 5.36. The Labute approximate surface area is 120 Å². The molecule has 0 amide bonds. The van der Waals surface area contributed by atoms with Crippen molar-refractivity contribution in [3.63, 3.8) is 0 Å². The number of hydrogen-bond donors (Lipinski definition) is 4. The highest BCUT2D eigenvalue weighted by Gasteiger charge is 2.14. The smallest absolute Gasteiger partial charge is 0.121 e. The molecule has 0 aliphatic heterocycles. The summed E-state index contributed by atoms with van der Waals surface area (Å²) in [4.78, 5) is 0. The van der Waals surface area contributed by atoms with E-state index in [1.165, 1.54) is 0 Å². The largest absolute Gasteiger partial charge is 0.508 e. The van der Waals surface area contributed by atoms with Crippen LogP contribution in [0.4, 0.5) is 0 Å². The lowest BCUT2D eigenvalue weighted by Gasteiger charge is -2.23. The molecule has 1 aromatic carbocycles. The molecule has 5 nitrogen and oxygen atoms in total. The molecular weight excluding hydrogens is 258 g/mol. The van der Waals surface area contributed by atoms with Gasteiger partial charge in [-0.25, -0.2) is 0 Å². The number of ether oxygens (including phenoxy) is 1. The number of aliphatic hydroxyl groups excluding tert-OH is 2. The third-order valence-electron chi connectivity index (χ3n) is 2.81. The van der Waals surface area contributed by atoms with E-state index in [1.54, 1.807) is 18.2 Å². The second-order valence-electron chi connectivity index (χ2n) is 5.81. The van der Waals surface area contributed by atoms with E-state index in [0.717, 1.165) is 5.56 Å². The lowest BCUT2D eigenvalue weighted by atomic mass is 10.0. The van der Waals surface area contributed by atoms with E-state index in [1.807, 2.05) is 20.8 Å². The van der Waals surface area contributed by atoms with Gasteiger partial charge in [-0.2, -0.15) is 0 Å². The van der Waals surface area contributed by atoms with Crippen molar-refractivity contribution in [1.82, 2.24) is 5.32 Å². The van der Waals surface area contributed by atoms with Crippen LogP contribution < -0.4 is 5.32 Å². The molecular formula is C15H25NO4. The average molecular weight is 283 g/mol. The Hall–Kier alpha value is -1.14. The number of benzene rings is 1. The van der Waals surface area contributed by atoms with E-state index < -0.39 is 6.10 Å². The van der Waals surface area contributed by atoms with E-state index >= 15 is 0 Å². The first-order valence-electron chi connectivity index (χ1n) is 6.77. The Bertz CT molecular complexity index is 415. The van der Waals surface area contributed by atoms with Crippen molar-refractivity contribution in [2.75, 3.05) is 19.8 Å². The minimum Gasteiger partial charge on any atom is -0.508 e. The molecule has 0 radical (unpaired) electrons. The van der Waals surface area contributed by atoms with Crippen LogP contribution in [0.25, 0.3) is 0 Å². The quantitative estimate of drug-likeness (QED) is 0.567. The number of rotatable bonds is 7. The van der Waals surface area contributed by atoms with Crippen molar-refractivity contribution < 1.29 is 20.1 Å². The van der Waals surface area contributed by atoms with Gasteiger partial charge in [0.25, 0.3) is 0 Å². The van der Waals surface area contributed by atoms with E-state index in [0.29, 0.717) is 12.1 Å². The van der Waals surface area contributed by atoms with Crippen LogP contribution in [0.3, 0.4) is 0 Å². The van der Waals surface area contributed by atoms with Crippen molar-refractivity contribution in [3.05, 3.63) is 29.3 Å². The zero-order valence-corrected chi connectivity index (χ0v) is 12.4. The van der Waals surface area contributed by atoms with Gasteiger partial charge in [-0.3, -0.25) is 0 Å². The molecule has 0 aliphatic carbocycles.